The maximum absolute atomic E-state index is 13.1. The number of hydrogen-bond donors (Lipinski definition) is 3. The first-order chi connectivity index (χ1) is 25.7. The van der Waals surface area contributed by atoms with Gasteiger partial charge in [-0.2, -0.15) is 0 Å². The van der Waals surface area contributed by atoms with Gasteiger partial charge in [-0.3, -0.25) is 28.9 Å². The van der Waals surface area contributed by atoms with Crippen LogP contribution in [0.3, 0.4) is 0 Å². The summed E-state index contributed by atoms with van der Waals surface area (Å²) in [5, 5.41) is 21.1. The summed E-state index contributed by atoms with van der Waals surface area (Å²) < 4.78 is 0. The van der Waals surface area contributed by atoms with Crippen LogP contribution in [0, 0.1) is 11.8 Å². The highest BCUT2D eigenvalue weighted by molar-refractivity contribution is 6.66. The first-order valence-electron chi connectivity index (χ1n) is 19.5. The summed E-state index contributed by atoms with van der Waals surface area (Å²) >= 11 is 5.96. The molecule has 0 aromatic heterocycles. The highest BCUT2D eigenvalue weighted by atomic mass is 35.5. The van der Waals surface area contributed by atoms with E-state index in [1.807, 2.05) is 41.3 Å². The molecule has 53 heavy (non-hydrogen) atoms. The number of nitrogens with zero attached hydrogens (tertiary/aromatic N) is 3. The van der Waals surface area contributed by atoms with Gasteiger partial charge in [-0.1, -0.05) is 49.2 Å². The van der Waals surface area contributed by atoms with E-state index in [2.05, 4.69) is 22.3 Å². The van der Waals surface area contributed by atoms with Crippen LogP contribution >= 0.6 is 11.6 Å². The van der Waals surface area contributed by atoms with E-state index in [0.29, 0.717) is 18.0 Å². The van der Waals surface area contributed by atoms with E-state index in [4.69, 9.17) is 21.8 Å². The van der Waals surface area contributed by atoms with Crippen LogP contribution in [0.5, 0.6) is 0 Å². The second kappa shape index (κ2) is 16.3. The minimum atomic E-state index is -0.527. The van der Waals surface area contributed by atoms with Crippen molar-refractivity contribution in [3.05, 3.63) is 59.7 Å². The second-order valence-electron chi connectivity index (χ2n) is 15.6. The zero-order chi connectivity index (χ0) is 37.2. The Morgan fingerprint density at radius 1 is 0.660 bits per heavy atom. The smallest absolute Gasteiger partial charge is 0.321 e. The highest BCUT2D eigenvalue weighted by Gasteiger charge is 2.51. The lowest BCUT2D eigenvalue weighted by atomic mass is 9.81. The molecular weight excluding hydrogens is 696 g/mol. The molecule has 12 heteroatoms. The van der Waals surface area contributed by atoms with Crippen LogP contribution in [0.2, 0.25) is 0 Å². The van der Waals surface area contributed by atoms with Crippen LogP contribution in [0.15, 0.2) is 48.5 Å². The molecule has 4 saturated carbocycles. The minimum Gasteiger partial charge on any atom is -0.389 e. The number of rotatable bonds is 12. The molecule has 8 rings (SSSR count). The number of Topliss-reactive ketones (excluding diaryl/α,β-unsaturated/α-hetero) is 2. The number of hydrogen-bond acceptors (Lipinski definition) is 8. The van der Waals surface area contributed by atoms with Gasteiger partial charge in [0.1, 0.15) is 13.2 Å². The van der Waals surface area contributed by atoms with Crippen LogP contribution in [-0.2, 0) is 19.2 Å². The van der Waals surface area contributed by atoms with Crippen molar-refractivity contribution in [3.63, 3.8) is 0 Å². The summed E-state index contributed by atoms with van der Waals surface area (Å²) in [4.78, 5) is 67.1. The van der Waals surface area contributed by atoms with E-state index in [9.17, 15) is 24.0 Å². The van der Waals surface area contributed by atoms with Crippen LogP contribution < -0.4 is 10.2 Å². The fourth-order valence-electron chi connectivity index (χ4n) is 9.61. The average Bonchev–Trinajstić information content (AvgIpc) is 4.09. The Kier molecular flexibility index (Phi) is 11.5. The predicted octanol–water partition coefficient (Wildman–Crippen LogP) is 6.06. The Hall–Kier alpha value is -3.80. The van der Waals surface area contributed by atoms with E-state index in [1.165, 1.54) is 12.0 Å². The molecule has 0 bridgehead atoms. The van der Waals surface area contributed by atoms with Gasteiger partial charge in [-0.25, -0.2) is 0 Å². The van der Waals surface area contributed by atoms with E-state index in [0.717, 1.165) is 74.7 Å². The Morgan fingerprint density at radius 3 is 1.77 bits per heavy atom. The summed E-state index contributed by atoms with van der Waals surface area (Å²) in [6.45, 7) is -1.00. The van der Waals surface area contributed by atoms with Crippen molar-refractivity contribution >= 4 is 51.7 Å². The standard InChI is InChI=1S/C21H25ClN2O4.C20H26N2O3/c22-21(28)24-17-6-2-1-4-15(17)20(16-5-3-7-18(16)24)23(13-8-9-13)19(27)11-10-14(26)12-25;23-12-14(24)10-11-19(25)22(13-8-9-13)20-15-4-1-2-6-17(15)21-18-7-3-5-16(18)20/h1-2,4,6,13,16,18,20,25H,3,5,7-12H2;1-2,4,6,13,16,18,20-21,23H,3,5,7-12H2. The number of aliphatic hydroxyl groups excluding tert-OH is 2. The number of aliphatic hydroxyl groups is 2. The number of ketones is 2. The number of anilines is 2. The van der Waals surface area contributed by atoms with Crippen molar-refractivity contribution in [2.45, 2.75) is 126 Å². The zero-order valence-electron chi connectivity index (χ0n) is 30.2. The molecule has 2 aromatic rings. The molecule has 4 aliphatic carbocycles. The van der Waals surface area contributed by atoms with Gasteiger partial charge >= 0.3 is 5.37 Å². The lowest BCUT2D eigenvalue weighted by Gasteiger charge is -2.47. The molecule has 11 nitrogen and oxygen atoms in total. The van der Waals surface area contributed by atoms with Gasteiger partial charge in [-0.05, 0) is 86.2 Å². The molecule has 6 aliphatic rings. The van der Waals surface area contributed by atoms with Gasteiger partial charge in [0, 0.05) is 67.4 Å². The van der Waals surface area contributed by atoms with Crippen molar-refractivity contribution in [2.24, 2.45) is 11.8 Å². The van der Waals surface area contributed by atoms with Crippen LogP contribution in [-0.4, -0.2) is 86.1 Å². The molecule has 2 heterocycles. The fraction of sp³-hybridized carbons (Fsp3) is 0.585. The van der Waals surface area contributed by atoms with E-state index in [-0.39, 0.29) is 79.1 Å². The summed E-state index contributed by atoms with van der Waals surface area (Å²) in [6, 6.07) is 17.0. The summed E-state index contributed by atoms with van der Waals surface area (Å²) in [5.41, 5.74) is 4.13. The Labute approximate surface area is 316 Å². The first kappa shape index (κ1) is 37.5. The van der Waals surface area contributed by atoms with E-state index in [1.54, 1.807) is 4.90 Å². The van der Waals surface area contributed by atoms with Crippen molar-refractivity contribution in [2.75, 3.05) is 23.4 Å². The molecular formula is C41H51ClN4O7. The van der Waals surface area contributed by atoms with Gasteiger partial charge in [0.25, 0.3) is 0 Å². The molecule has 0 spiro atoms. The molecule has 0 saturated heterocycles. The van der Waals surface area contributed by atoms with E-state index < -0.39 is 18.6 Å². The SMILES string of the molecule is O=C(CO)CCC(=O)N(C1CC1)C1c2ccccc2N(C(=O)Cl)C2CCCC21.O=C(CO)CCC(=O)N(C1CC1)C1c2ccccc2NC2CCCC21. The normalized spacial score (nSPS) is 26.4. The monoisotopic (exact) mass is 746 g/mol. The van der Waals surface area contributed by atoms with Crippen molar-refractivity contribution in [3.8, 4) is 0 Å². The molecule has 6 unspecified atom stereocenters. The van der Waals surface area contributed by atoms with Crippen molar-refractivity contribution < 1.29 is 34.2 Å². The zero-order valence-corrected chi connectivity index (χ0v) is 31.0. The number of para-hydroxylation sites is 2. The van der Waals surface area contributed by atoms with Gasteiger partial charge < -0.3 is 25.3 Å². The summed E-state index contributed by atoms with van der Waals surface area (Å²) in [6.07, 6.45) is 10.9. The largest absolute Gasteiger partial charge is 0.389 e. The van der Waals surface area contributed by atoms with Gasteiger partial charge in [-0.15, -0.1) is 0 Å². The van der Waals surface area contributed by atoms with Crippen molar-refractivity contribution in [1.82, 2.24) is 9.80 Å². The van der Waals surface area contributed by atoms with Crippen LogP contribution in [0.25, 0.3) is 0 Å². The number of nitrogens with one attached hydrogen (secondary N) is 1. The maximum Gasteiger partial charge on any atom is 0.321 e. The average molecular weight is 747 g/mol. The number of carbonyl (C=O) groups is 5. The summed E-state index contributed by atoms with van der Waals surface area (Å²) in [5.74, 6) is 0.0556. The summed E-state index contributed by atoms with van der Waals surface area (Å²) in [7, 11) is 0. The Balaban J connectivity index is 0.000000165. The third-order valence-corrected chi connectivity index (χ3v) is 12.4. The van der Waals surface area contributed by atoms with Gasteiger partial charge in [0.05, 0.1) is 17.8 Å². The van der Waals surface area contributed by atoms with Gasteiger partial charge in [0.15, 0.2) is 11.6 Å². The number of fused-ring (bicyclic) bond motifs is 4. The molecule has 0 radical (unpaired) electrons. The molecule has 4 fully saturated rings. The molecule has 6 atom stereocenters. The molecule has 2 aromatic carbocycles. The first-order valence-corrected chi connectivity index (χ1v) is 19.9. The molecule has 284 valence electrons. The third-order valence-electron chi connectivity index (χ3n) is 12.2. The van der Waals surface area contributed by atoms with Crippen LogP contribution in [0.1, 0.15) is 113 Å². The highest BCUT2D eigenvalue weighted by Crippen LogP contribution is 2.53. The Bertz CT molecular complexity index is 1710. The predicted molar refractivity (Wildman–Crippen MR) is 200 cm³/mol. The lowest BCUT2D eigenvalue weighted by molar-refractivity contribution is -0.138. The van der Waals surface area contributed by atoms with E-state index >= 15 is 0 Å². The molecule has 3 N–H and O–H groups in total. The number of amides is 3. The number of benzene rings is 2. The second-order valence-corrected chi connectivity index (χ2v) is 15.9. The molecule has 3 amide bonds. The van der Waals surface area contributed by atoms with Crippen LogP contribution in [0.4, 0.5) is 16.2 Å². The maximum atomic E-state index is 13.1. The van der Waals surface area contributed by atoms with Gasteiger partial charge in [0.2, 0.25) is 11.8 Å². The molecule has 2 aliphatic heterocycles. The number of halogens is 1. The Morgan fingerprint density at radius 2 is 1.19 bits per heavy atom. The quantitative estimate of drug-likeness (QED) is 0.175. The fourth-order valence-corrected chi connectivity index (χ4v) is 9.83. The third kappa shape index (κ3) is 7.89. The topological polar surface area (TPSA) is 148 Å². The minimum absolute atomic E-state index is 0.00183. The number of carbonyl (C=O) groups excluding carboxylic acids is 5. The lowest BCUT2D eigenvalue weighted by Crippen LogP contribution is -2.51. The van der Waals surface area contributed by atoms with Crippen molar-refractivity contribution in [1.29, 1.82) is 0 Å².